The van der Waals surface area contributed by atoms with Crippen LogP contribution in [-0.4, -0.2) is 53.9 Å². The van der Waals surface area contributed by atoms with E-state index in [1.54, 1.807) is 0 Å². The number of nitrogens with one attached hydrogen (secondary N) is 1. The smallest absolute Gasteiger partial charge is 0.392 e. The molecule has 1 rings (SSSR count). The third-order valence-electron chi connectivity index (χ3n) is 2.87. The molecule has 106 valence electrons. The van der Waals surface area contributed by atoms with E-state index in [0.717, 1.165) is 11.3 Å². The topological polar surface area (TPSA) is 52.6 Å². The number of β-amino-alcohol motifs (C(OH)–C–C–N with tert-alkyl or cyclic N) is 1. The molecule has 0 saturated carbocycles. The Bertz CT molecular complexity index is 284. The molecule has 1 heterocycles. The highest BCUT2D eigenvalue weighted by Crippen LogP contribution is 2.19. The van der Waals surface area contributed by atoms with E-state index < -0.39 is 30.8 Å². The minimum absolute atomic E-state index is 0.100. The van der Waals surface area contributed by atoms with Gasteiger partial charge in [-0.25, -0.2) is 0 Å². The van der Waals surface area contributed by atoms with Gasteiger partial charge in [-0.15, -0.1) is 0 Å². The van der Waals surface area contributed by atoms with Gasteiger partial charge in [0.1, 0.15) is 6.54 Å². The summed E-state index contributed by atoms with van der Waals surface area (Å²) in [7, 11) is 0. The van der Waals surface area contributed by atoms with Crippen LogP contribution in [0.25, 0.3) is 0 Å². The largest absolute Gasteiger partial charge is 0.406 e. The van der Waals surface area contributed by atoms with Crippen molar-refractivity contribution >= 4 is 5.91 Å². The van der Waals surface area contributed by atoms with Crippen LogP contribution in [-0.2, 0) is 4.79 Å². The number of alkyl halides is 3. The Balaban J connectivity index is 2.60. The van der Waals surface area contributed by atoms with Gasteiger partial charge in [-0.1, -0.05) is 13.3 Å². The number of hydrogen-bond acceptors (Lipinski definition) is 3. The molecule has 4 nitrogen and oxygen atoms in total. The van der Waals surface area contributed by atoms with Crippen LogP contribution < -0.4 is 5.32 Å². The standard InChI is InChI=1S/C11H19F3N2O2/c1-2-3-4-16(7-11(12,13)14)10(18)9-5-8(17)6-15-9/h8-9,15,17H,2-7H2,1H3. The van der Waals surface area contributed by atoms with Crippen molar-refractivity contribution in [2.75, 3.05) is 19.6 Å². The van der Waals surface area contributed by atoms with Crippen molar-refractivity contribution in [1.29, 1.82) is 0 Å². The zero-order valence-electron chi connectivity index (χ0n) is 10.3. The highest BCUT2D eigenvalue weighted by molar-refractivity contribution is 5.82. The second kappa shape index (κ2) is 6.38. The Labute approximate surface area is 104 Å². The van der Waals surface area contributed by atoms with E-state index in [2.05, 4.69) is 5.32 Å². The lowest BCUT2D eigenvalue weighted by Crippen LogP contribution is -2.47. The number of halogens is 3. The Morgan fingerprint density at radius 2 is 2.17 bits per heavy atom. The fourth-order valence-corrected chi connectivity index (χ4v) is 1.96. The number of nitrogens with zero attached hydrogens (tertiary/aromatic N) is 1. The first-order valence-electron chi connectivity index (χ1n) is 6.10. The highest BCUT2D eigenvalue weighted by atomic mass is 19.4. The van der Waals surface area contributed by atoms with Gasteiger partial charge in [-0.3, -0.25) is 4.79 Å². The van der Waals surface area contributed by atoms with Crippen molar-refractivity contribution in [1.82, 2.24) is 10.2 Å². The average molecular weight is 268 g/mol. The monoisotopic (exact) mass is 268 g/mol. The molecule has 7 heteroatoms. The number of carbonyl (C=O) groups excluding carboxylic acids is 1. The second-order valence-electron chi connectivity index (χ2n) is 4.58. The molecule has 0 aromatic rings. The summed E-state index contributed by atoms with van der Waals surface area (Å²) < 4.78 is 37.2. The summed E-state index contributed by atoms with van der Waals surface area (Å²) in [6, 6.07) is -0.695. The van der Waals surface area contributed by atoms with E-state index in [1.807, 2.05) is 6.92 Å². The minimum Gasteiger partial charge on any atom is -0.392 e. The second-order valence-corrected chi connectivity index (χ2v) is 4.58. The molecule has 2 atom stereocenters. The van der Waals surface area contributed by atoms with Gasteiger partial charge in [0.05, 0.1) is 12.1 Å². The lowest BCUT2D eigenvalue weighted by molar-refractivity contribution is -0.162. The molecule has 0 aromatic heterocycles. The van der Waals surface area contributed by atoms with Crippen LogP contribution in [0.4, 0.5) is 13.2 Å². The maximum Gasteiger partial charge on any atom is 0.406 e. The molecule has 0 aromatic carbocycles. The lowest BCUT2D eigenvalue weighted by Gasteiger charge is -2.26. The predicted molar refractivity (Wildman–Crippen MR) is 60.0 cm³/mol. The van der Waals surface area contributed by atoms with Crippen LogP contribution in [0.3, 0.4) is 0 Å². The summed E-state index contributed by atoms with van der Waals surface area (Å²) >= 11 is 0. The Morgan fingerprint density at radius 1 is 1.50 bits per heavy atom. The van der Waals surface area contributed by atoms with Gasteiger partial charge in [0, 0.05) is 13.1 Å². The summed E-state index contributed by atoms with van der Waals surface area (Å²) in [5.41, 5.74) is 0. The van der Waals surface area contributed by atoms with Crippen LogP contribution in [0, 0.1) is 0 Å². The molecule has 0 bridgehead atoms. The predicted octanol–water partition coefficient (Wildman–Crippen LogP) is 0.900. The minimum atomic E-state index is -4.39. The number of hydrogen-bond donors (Lipinski definition) is 2. The normalized spacial score (nSPS) is 24.3. The van der Waals surface area contributed by atoms with Gasteiger partial charge >= 0.3 is 6.18 Å². The van der Waals surface area contributed by atoms with Crippen molar-refractivity contribution in [3.8, 4) is 0 Å². The number of unbranched alkanes of at least 4 members (excludes halogenated alkanes) is 1. The van der Waals surface area contributed by atoms with Crippen molar-refractivity contribution in [2.24, 2.45) is 0 Å². The maximum atomic E-state index is 12.4. The van der Waals surface area contributed by atoms with E-state index in [0.29, 0.717) is 6.42 Å². The molecule has 1 fully saturated rings. The molecule has 0 spiro atoms. The molecule has 1 aliphatic rings. The summed E-state index contributed by atoms with van der Waals surface area (Å²) in [6.45, 7) is 0.987. The number of aliphatic hydroxyl groups excluding tert-OH is 1. The molecule has 1 saturated heterocycles. The Kier molecular flexibility index (Phi) is 5.40. The molecule has 0 aliphatic carbocycles. The van der Waals surface area contributed by atoms with E-state index in [4.69, 9.17) is 0 Å². The summed E-state index contributed by atoms with van der Waals surface area (Å²) in [5.74, 6) is -0.572. The fraction of sp³-hybridized carbons (Fsp3) is 0.909. The van der Waals surface area contributed by atoms with Crippen LogP contribution >= 0.6 is 0 Å². The molecule has 0 radical (unpaired) electrons. The zero-order valence-corrected chi connectivity index (χ0v) is 10.3. The van der Waals surface area contributed by atoms with Gasteiger partial charge in [0.2, 0.25) is 5.91 Å². The molecular weight excluding hydrogens is 249 g/mol. The quantitative estimate of drug-likeness (QED) is 0.779. The summed E-state index contributed by atoms with van der Waals surface area (Å²) in [6.07, 6.45) is -3.60. The summed E-state index contributed by atoms with van der Waals surface area (Å²) in [5, 5.41) is 12.0. The Morgan fingerprint density at radius 3 is 2.61 bits per heavy atom. The van der Waals surface area contributed by atoms with Gasteiger partial charge in [-0.2, -0.15) is 13.2 Å². The van der Waals surface area contributed by atoms with Crippen LogP contribution in [0.15, 0.2) is 0 Å². The van der Waals surface area contributed by atoms with E-state index in [-0.39, 0.29) is 19.5 Å². The molecule has 2 N–H and O–H groups in total. The van der Waals surface area contributed by atoms with Crippen molar-refractivity contribution < 1.29 is 23.1 Å². The van der Waals surface area contributed by atoms with Gasteiger partial charge < -0.3 is 15.3 Å². The van der Waals surface area contributed by atoms with Crippen molar-refractivity contribution in [3.05, 3.63) is 0 Å². The lowest BCUT2D eigenvalue weighted by atomic mass is 10.1. The SMILES string of the molecule is CCCCN(CC(F)(F)F)C(=O)C1CC(O)CN1. The summed E-state index contributed by atoms with van der Waals surface area (Å²) in [4.78, 5) is 12.8. The highest BCUT2D eigenvalue weighted by Gasteiger charge is 2.37. The van der Waals surface area contributed by atoms with E-state index >= 15 is 0 Å². The van der Waals surface area contributed by atoms with Crippen molar-refractivity contribution in [2.45, 2.75) is 44.5 Å². The number of aliphatic hydroxyl groups is 1. The molecule has 1 aliphatic heterocycles. The van der Waals surface area contributed by atoms with Crippen LogP contribution in [0.2, 0.25) is 0 Å². The molecule has 1 amide bonds. The van der Waals surface area contributed by atoms with Crippen molar-refractivity contribution in [3.63, 3.8) is 0 Å². The molecular formula is C11H19F3N2O2. The third-order valence-corrected chi connectivity index (χ3v) is 2.87. The van der Waals surface area contributed by atoms with Gasteiger partial charge in [-0.05, 0) is 12.8 Å². The first-order chi connectivity index (χ1) is 8.33. The van der Waals surface area contributed by atoms with Gasteiger partial charge in [0.15, 0.2) is 0 Å². The number of rotatable bonds is 5. The number of carbonyl (C=O) groups is 1. The van der Waals surface area contributed by atoms with E-state index in [1.165, 1.54) is 0 Å². The fourth-order valence-electron chi connectivity index (χ4n) is 1.96. The first-order valence-corrected chi connectivity index (χ1v) is 6.10. The molecule has 18 heavy (non-hydrogen) atoms. The maximum absolute atomic E-state index is 12.4. The van der Waals surface area contributed by atoms with Gasteiger partial charge in [0.25, 0.3) is 0 Å². The molecule has 2 unspecified atom stereocenters. The Hall–Kier alpha value is -0.820. The van der Waals surface area contributed by atoms with Crippen LogP contribution in [0.5, 0.6) is 0 Å². The first kappa shape index (κ1) is 15.2. The van der Waals surface area contributed by atoms with E-state index in [9.17, 15) is 23.1 Å². The van der Waals surface area contributed by atoms with Crippen LogP contribution in [0.1, 0.15) is 26.2 Å². The average Bonchev–Trinajstić information content (AvgIpc) is 2.68. The third kappa shape index (κ3) is 4.81. The number of amides is 1. The zero-order chi connectivity index (χ0) is 13.8.